The molecule has 1 heterocycles. The zero-order chi connectivity index (χ0) is 14.1. The van der Waals surface area contributed by atoms with Crippen molar-refractivity contribution < 1.29 is 14.7 Å². The normalized spacial score (nSPS) is 31.0. The minimum absolute atomic E-state index is 0.197. The van der Waals surface area contributed by atoms with Gasteiger partial charge in [0.05, 0.1) is 24.0 Å². The molecule has 1 aromatic rings. The second-order valence-electron chi connectivity index (χ2n) is 5.45. The Balaban J connectivity index is 1.65. The molecule has 2 saturated carbocycles. The van der Waals surface area contributed by atoms with Gasteiger partial charge in [0.15, 0.2) is 0 Å². The van der Waals surface area contributed by atoms with E-state index < -0.39 is 17.9 Å². The Morgan fingerprint density at radius 1 is 1.20 bits per heavy atom. The van der Waals surface area contributed by atoms with E-state index in [1.54, 1.807) is 0 Å². The van der Waals surface area contributed by atoms with Gasteiger partial charge in [-0.15, -0.1) is 0 Å². The predicted molar refractivity (Wildman–Crippen MR) is 69.9 cm³/mol. The Kier molecular flexibility index (Phi) is 3.25. The van der Waals surface area contributed by atoms with Gasteiger partial charge >= 0.3 is 12.0 Å². The van der Waals surface area contributed by atoms with Crippen molar-refractivity contribution >= 4 is 17.7 Å². The number of carbonyl (C=O) groups is 2. The van der Waals surface area contributed by atoms with Gasteiger partial charge < -0.3 is 15.7 Å². The van der Waals surface area contributed by atoms with E-state index in [0.29, 0.717) is 5.69 Å². The van der Waals surface area contributed by atoms with Crippen LogP contribution in [0.1, 0.15) is 19.3 Å². The standard InChI is InChI=1S/C13H16N4O3/c18-12(19)10-7-1-2-8(3-7)11(10)17-13(20)16-9-4-14-6-15-5-9/h4-8,10-11H,1-3H2,(H,18,19)(H2,16,17,20). The number of fused-ring (bicyclic) bond motifs is 2. The van der Waals surface area contributed by atoms with E-state index >= 15 is 0 Å². The van der Waals surface area contributed by atoms with Crippen LogP contribution in [-0.2, 0) is 4.79 Å². The second kappa shape index (κ2) is 5.07. The van der Waals surface area contributed by atoms with Gasteiger partial charge in [0.1, 0.15) is 6.33 Å². The number of urea groups is 1. The minimum Gasteiger partial charge on any atom is -0.481 e. The van der Waals surface area contributed by atoms with E-state index in [2.05, 4.69) is 20.6 Å². The number of aromatic nitrogens is 2. The van der Waals surface area contributed by atoms with Crippen molar-refractivity contribution in [3.8, 4) is 0 Å². The van der Waals surface area contributed by atoms with E-state index in [-0.39, 0.29) is 17.9 Å². The van der Waals surface area contributed by atoms with E-state index in [9.17, 15) is 14.7 Å². The Morgan fingerprint density at radius 3 is 2.60 bits per heavy atom. The van der Waals surface area contributed by atoms with E-state index in [4.69, 9.17) is 0 Å². The highest BCUT2D eigenvalue weighted by atomic mass is 16.4. The zero-order valence-electron chi connectivity index (χ0n) is 10.8. The molecule has 2 aliphatic rings. The molecule has 3 rings (SSSR count). The molecule has 0 saturated heterocycles. The Labute approximate surface area is 115 Å². The second-order valence-corrected chi connectivity index (χ2v) is 5.45. The van der Waals surface area contributed by atoms with Crippen LogP contribution in [0.5, 0.6) is 0 Å². The number of carbonyl (C=O) groups excluding carboxylic acids is 1. The zero-order valence-corrected chi connectivity index (χ0v) is 10.8. The van der Waals surface area contributed by atoms with Crippen LogP contribution in [0.15, 0.2) is 18.7 Å². The largest absolute Gasteiger partial charge is 0.481 e. The molecule has 0 spiro atoms. The van der Waals surface area contributed by atoms with Crippen LogP contribution in [0.4, 0.5) is 10.5 Å². The van der Waals surface area contributed by atoms with Gasteiger partial charge in [0, 0.05) is 6.04 Å². The average Bonchev–Trinajstić information content (AvgIpc) is 3.00. The maximum absolute atomic E-state index is 11.9. The molecule has 2 bridgehead atoms. The summed E-state index contributed by atoms with van der Waals surface area (Å²) >= 11 is 0. The molecule has 4 unspecified atom stereocenters. The van der Waals surface area contributed by atoms with Gasteiger partial charge in [0.2, 0.25) is 0 Å². The van der Waals surface area contributed by atoms with Crippen LogP contribution in [0.2, 0.25) is 0 Å². The minimum atomic E-state index is -0.814. The first-order valence-electron chi connectivity index (χ1n) is 6.70. The number of nitrogens with zero attached hydrogens (tertiary/aromatic N) is 2. The third-order valence-corrected chi connectivity index (χ3v) is 4.32. The molecule has 7 nitrogen and oxygen atoms in total. The van der Waals surface area contributed by atoms with Crippen molar-refractivity contribution in [2.75, 3.05) is 5.32 Å². The number of rotatable bonds is 3. The lowest BCUT2D eigenvalue weighted by Gasteiger charge is -2.28. The molecule has 0 radical (unpaired) electrons. The SMILES string of the molecule is O=C(Nc1cncnc1)NC1C2CCC(C2)C1C(=O)O. The summed E-state index contributed by atoms with van der Waals surface area (Å²) in [5.74, 6) is -0.807. The fourth-order valence-electron chi connectivity index (χ4n) is 3.54. The summed E-state index contributed by atoms with van der Waals surface area (Å²) < 4.78 is 0. The number of aliphatic carboxylic acids is 1. The Bertz CT molecular complexity index is 522. The van der Waals surface area contributed by atoms with E-state index in [1.807, 2.05) is 0 Å². The van der Waals surface area contributed by atoms with Crippen molar-refractivity contribution in [1.82, 2.24) is 15.3 Å². The lowest BCUT2D eigenvalue weighted by Crippen LogP contribution is -2.48. The van der Waals surface area contributed by atoms with Crippen LogP contribution in [0, 0.1) is 17.8 Å². The molecule has 4 atom stereocenters. The highest BCUT2D eigenvalue weighted by Crippen LogP contribution is 2.48. The average molecular weight is 276 g/mol. The molecular weight excluding hydrogens is 260 g/mol. The summed E-state index contributed by atoms with van der Waals surface area (Å²) in [5.41, 5.74) is 0.486. The number of anilines is 1. The quantitative estimate of drug-likeness (QED) is 0.766. The predicted octanol–water partition coefficient (Wildman–Crippen LogP) is 1.10. The molecule has 20 heavy (non-hydrogen) atoms. The van der Waals surface area contributed by atoms with Crippen LogP contribution >= 0.6 is 0 Å². The smallest absolute Gasteiger partial charge is 0.319 e. The number of carboxylic acids is 1. The lowest BCUT2D eigenvalue weighted by molar-refractivity contribution is -0.144. The summed E-state index contributed by atoms with van der Waals surface area (Å²) in [6, 6.07) is -0.681. The summed E-state index contributed by atoms with van der Waals surface area (Å²) in [5, 5.41) is 14.7. The topological polar surface area (TPSA) is 104 Å². The highest BCUT2D eigenvalue weighted by Gasteiger charge is 2.51. The number of hydrogen-bond donors (Lipinski definition) is 3. The summed E-state index contributed by atoms with van der Waals surface area (Å²) in [6.07, 6.45) is 7.20. The van der Waals surface area contributed by atoms with Crippen molar-refractivity contribution in [1.29, 1.82) is 0 Å². The van der Waals surface area contributed by atoms with Gasteiger partial charge in [-0.3, -0.25) is 4.79 Å². The molecule has 106 valence electrons. The van der Waals surface area contributed by atoms with Crippen LogP contribution in [0.3, 0.4) is 0 Å². The molecule has 2 aliphatic carbocycles. The first-order chi connectivity index (χ1) is 9.65. The monoisotopic (exact) mass is 276 g/mol. The molecule has 1 aromatic heterocycles. The van der Waals surface area contributed by atoms with Crippen LogP contribution in [-0.4, -0.2) is 33.1 Å². The number of carboxylic acid groups (broad SMARTS) is 1. The molecule has 2 amide bonds. The maximum Gasteiger partial charge on any atom is 0.319 e. The lowest BCUT2D eigenvalue weighted by atomic mass is 9.84. The molecule has 7 heteroatoms. The van der Waals surface area contributed by atoms with Gasteiger partial charge in [-0.2, -0.15) is 0 Å². The fraction of sp³-hybridized carbons (Fsp3) is 0.538. The van der Waals surface area contributed by atoms with Gasteiger partial charge in [0.25, 0.3) is 0 Å². The van der Waals surface area contributed by atoms with Gasteiger partial charge in [-0.25, -0.2) is 14.8 Å². The highest BCUT2D eigenvalue weighted by molar-refractivity contribution is 5.89. The summed E-state index contributed by atoms with van der Waals surface area (Å²) in [4.78, 5) is 30.9. The first-order valence-corrected chi connectivity index (χ1v) is 6.70. The van der Waals surface area contributed by atoms with Crippen molar-refractivity contribution in [2.24, 2.45) is 17.8 Å². The molecule has 2 fully saturated rings. The summed E-state index contributed by atoms with van der Waals surface area (Å²) in [6.45, 7) is 0. The van der Waals surface area contributed by atoms with Crippen LogP contribution < -0.4 is 10.6 Å². The third-order valence-electron chi connectivity index (χ3n) is 4.32. The van der Waals surface area contributed by atoms with E-state index in [0.717, 1.165) is 19.3 Å². The molecule has 3 N–H and O–H groups in total. The number of hydrogen-bond acceptors (Lipinski definition) is 4. The fourth-order valence-corrected chi connectivity index (χ4v) is 3.54. The molecular formula is C13H16N4O3. The first kappa shape index (κ1) is 12.8. The van der Waals surface area contributed by atoms with Crippen molar-refractivity contribution in [3.63, 3.8) is 0 Å². The van der Waals surface area contributed by atoms with Crippen molar-refractivity contribution in [3.05, 3.63) is 18.7 Å². The Morgan fingerprint density at radius 2 is 1.90 bits per heavy atom. The summed E-state index contributed by atoms with van der Waals surface area (Å²) in [7, 11) is 0. The van der Waals surface area contributed by atoms with Crippen LogP contribution in [0.25, 0.3) is 0 Å². The Hall–Kier alpha value is -2.18. The van der Waals surface area contributed by atoms with Gasteiger partial charge in [-0.05, 0) is 31.1 Å². The maximum atomic E-state index is 11.9. The third kappa shape index (κ3) is 2.31. The number of amides is 2. The van der Waals surface area contributed by atoms with E-state index in [1.165, 1.54) is 18.7 Å². The van der Waals surface area contributed by atoms with Gasteiger partial charge in [-0.1, -0.05) is 0 Å². The molecule has 0 aromatic carbocycles. The number of nitrogens with one attached hydrogen (secondary N) is 2. The molecule has 0 aliphatic heterocycles. The van der Waals surface area contributed by atoms with Crippen molar-refractivity contribution in [2.45, 2.75) is 25.3 Å².